The second-order valence-corrected chi connectivity index (χ2v) is 10.7. The first-order chi connectivity index (χ1) is 20.3. The lowest BCUT2D eigenvalue weighted by atomic mass is 10.0. The maximum atomic E-state index is 6.34. The molecule has 0 aliphatic rings. The largest absolute Gasteiger partial charge is 0.456 e. The number of aromatic nitrogens is 4. The second kappa shape index (κ2) is 7.49. The van der Waals surface area contributed by atoms with Gasteiger partial charge in [-0.05, 0) is 72.1 Å². The Hall–Kier alpha value is -5.68. The van der Waals surface area contributed by atoms with Gasteiger partial charge in [0.25, 0.3) is 0 Å². The maximum Gasteiger partial charge on any atom is 0.147 e. The summed E-state index contributed by atoms with van der Waals surface area (Å²) in [4.78, 5) is 10.0. The molecular formula is C36H20N4O. The first-order valence-corrected chi connectivity index (χ1v) is 13.8. The third-order valence-corrected chi connectivity index (χ3v) is 8.51. The summed E-state index contributed by atoms with van der Waals surface area (Å²) in [6.07, 6.45) is 1.86. The molecule has 10 aromatic rings. The van der Waals surface area contributed by atoms with Crippen molar-refractivity contribution in [1.29, 1.82) is 0 Å². The Morgan fingerprint density at radius 3 is 2.29 bits per heavy atom. The highest BCUT2D eigenvalue weighted by Gasteiger charge is 2.21. The highest BCUT2D eigenvalue weighted by atomic mass is 16.3. The van der Waals surface area contributed by atoms with Crippen LogP contribution in [0.3, 0.4) is 0 Å². The van der Waals surface area contributed by atoms with E-state index in [0.717, 1.165) is 77.1 Å². The number of hydrogen-bond acceptors (Lipinski definition) is 3. The van der Waals surface area contributed by atoms with Gasteiger partial charge < -0.3 is 8.98 Å². The standard InChI is InChI=1S/C36H20N4O/c1-2-9-21(10-3-1)39-29-16-17-32-34(23-11-4-7-15-31(23)41-32)33(29)26-19-24-22-12-8-18-37-35(22)40-28-14-6-5-13-27(28)38-36(40)25(24)20-30(26)39/h1-20H. The fourth-order valence-electron chi connectivity index (χ4n) is 6.84. The lowest BCUT2D eigenvalue weighted by Gasteiger charge is -2.10. The van der Waals surface area contributed by atoms with Gasteiger partial charge in [-0.25, -0.2) is 9.97 Å². The molecule has 0 unspecified atom stereocenters. The molecule has 0 saturated carbocycles. The molecule has 5 heteroatoms. The summed E-state index contributed by atoms with van der Waals surface area (Å²) in [5, 5.41) is 7.99. The van der Waals surface area contributed by atoms with Gasteiger partial charge in [0.05, 0.1) is 22.1 Å². The quantitative estimate of drug-likeness (QED) is 0.201. The molecule has 0 atom stereocenters. The van der Waals surface area contributed by atoms with E-state index in [0.29, 0.717) is 0 Å². The van der Waals surface area contributed by atoms with Gasteiger partial charge in [0, 0.05) is 44.2 Å². The van der Waals surface area contributed by atoms with Crippen LogP contribution in [0.1, 0.15) is 0 Å². The smallest absolute Gasteiger partial charge is 0.147 e. The lowest BCUT2D eigenvalue weighted by Crippen LogP contribution is -1.95. The van der Waals surface area contributed by atoms with Gasteiger partial charge in [-0.2, -0.15) is 0 Å². The number of nitrogens with zero attached hydrogens (tertiary/aromatic N) is 4. The molecule has 0 fully saturated rings. The molecule has 0 bridgehead atoms. The molecule has 0 aliphatic heterocycles. The minimum absolute atomic E-state index is 0.896. The molecule has 10 rings (SSSR count). The summed E-state index contributed by atoms with van der Waals surface area (Å²) in [5.41, 5.74) is 9.04. The fraction of sp³-hybridized carbons (Fsp3) is 0. The minimum atomic E-state index is 0.896. The highest BCUT2D eigenvalue weighted by molar-refractivity contribution is 6.30. The summed E-state index contributed by atoms with van der Waals surface area (Å²) >= 11 is 0. The van der Waals surface area contributed by atoms with E-state index in [1.54, 1.807) is 0 Å². The van der Waals surface area contributed by atoms with Gasteiger partial charge in [-0.1, -0.05) is 48.5 Å². The average molecular weight is 525 g/mol. The number of fused-ring (bicyclic) bond motifs is 15. The van der Waals surface area contributed by atoms with Crippen LogP contribution in [0.2, 0.25) is 0 Å². The molecule has 0 spiro atoms. The number of rotatable bonds is 1. The SMILES string of the molecule is c1ccc(-n2c3cc4c(cc3c3c5c(ccc32)oc2ccccc25)c2cccnc2n2c3ccccc3nc42)cc1. The maximum absolute atomic E-state index is 6.34. The first kappa shape index (κ1) is 21.2. The fourth-order valence-corrected chi connectivity index (χ4v) is 6.84. The van der Waals surface area contributed by atoms with Crippen molar-refractivity contribution in [3.63, 3.8) is 0 Å². The van der Waals surface area contributed by atoms with Crippen LogP contribution in [-0.4, -0.2) is 18.9 Å². The van der Waals surface area contributed by atoms with Gasteiger partial charge in [0.2, 0.25) is 0 Å². The van der Waals surface area contributed by atoms with E-state index >= 15 is 0 Å². The first-order valence-electron chi connectivity index (χ1n) is 13.8. The predicted molar refractivity (Wildman–Crippen MR) is 167 cm³/mol. The summed E-state index contributed by atoms with van der Waals surface area (Å²) in [5.74, 6) is 0. The van der Waals surface area contributed by atoms with Crippen molar-refractivity contribution in [3.8, 4) is 5.69 Å². The number of hydrogen-bond donors (Lipinski definition) is 0. The average Bonchev–Trinajstić information content (AvgIpc) is 3.70. The van der Waals surface area contributed by atoms with E-state index in [4.69, 9.17) is 14.4 Å². The van der Waals surface area contributed by atoms with E-state index in [2.05, 4.69) is 100.0 Å². The zero-order valence-corrected chi connectivity index (χ0v) is 21.7. The Kier molecular flexibility index (Phi) is 3.87. The van der Waals surface area contributed by atoms with E-state index in [1.807, 2.05) is 30.5 Å². The Balaban J connectivity index is 1.51. The van der Waals surface area contributed by atoms with Crippen molar-refractivity contribution in [3.05, 3.63) is 121 Å². The summed E-state index contributed by atoms with van der Waals surface area (Å²) in [6, 6.07) is 40.4. The zero-order chi connectivity index (χ0) is 26.7. The van der Waals surface area contributed by atoms with Gasteiger partial charge in [-0.15, -0.1) is 0 Å². The topological polar surface area (TPSA) is 48.3 Å². The Bertz CT molecular complexity index is 2690. The monoisotopic (exact) mass is 524 g/mol. The van der Waals surface area contributed by atoms with E-state index < -0.39 is 0 Å². The normalized spacial score (nSPS) is 12.4. The molecule has 5 aromatic carbocycles. The second-order valence-electron chi connectivity index (χ2n) is 10.7. The zero-order valence-electron chi connectivity index (χ0n) is 21.7. The van der Waals surface area contributed by atoms with E-state index in [-0.39, 0.29) is 0 Å². The molecule has 5 nitrogen and oxygen atoms in total. The molecule has 190 valence electrons. The number of furan rings is 1. The summed E-state index contributed by atoms with van der Waals surface area (Å²) < 4.78 is 10.9. The van der Waals surface area contributed by atoms with Crippen molar-refractivity contribution in [1.82, 2.24) is 18.9 Å². The Labute approximate surface area is 232 Å². The highest BCUT2D eigenvalue weighted by Crippen LogP contribution is 2.43. The molecule has 5 heterocycles. The molecular weight excluding hydrogens is 504 g/mol. The van der Waals surface area contributed by atoms with Crippen LogP contribution < -0.4 is 0 Å². The van der Waals surface area contributed by atoms with Crippen LogP contribution in [0.25, 0.3) is 87.9 Å². The van der Waals surface area contributed by atoms with Gasteiger partial charge >= 0.3 is 0 Å². The predicted octanol–water partition coefficient (Wildman–Crippen LogP) is 9.19. The third kappa shape index (κ3) is 2.65. The van der Waals surface area contributed by atoms with Crippen LogP contribution in [0, 0.1) is 0 Å². The lowest BCUT2D eigenvalue weighted by molar-refractivity contribution is 0.669. The van der Waals surface area contributed by atoms with Gasteiger partial charge in [0.1, 0.15) is 22.5 Å². The van der Waals surface area contributed by atoms with E-state index in [9.17, 15) is 0 Å². The van der Waals surface area contributed by atoms with Crippen LogP contribution in [0.4, 0.5) is 0 Å². The van der Waals surface area contributed by atoms with Crippen molar-refractivity contribution in [2.45, 2.75) is 0 Å². The minimum Gasteiger partial charge on any atom is -0.456 e. The molecule has 0 N–H and O–H groups in total. The number of benzene rings is 5. The van der Waals surface area contributed by atoms with Crippen LogP contribution in [0.15, 0.2) is 126 Å². The Morgan fingerprint density at radius 1 is 0.512 bits per heavy atom. The number of pyridine rings is 2. The van der Waals surface area contributed by atoms with Gasteiger partial charge in [0.15, 0.2) is 0 Å². The Morgan fingerprint density at radius 2 is 1.34 bits per heavy atom. The van der Waals surface area contributed by atoms with Gasteiger partial charge in [-0.3, -0.25) is 4.40 Å². The molecule has 0 amide bonds. The third-order valence-electron chi connectivity index (χ3n) is 8.51. The molecule has 41 heavy (non-hydrogen) atoms. The van der Waals surface area contributed by atoms with Crippen LogP contribution in [-0.2, 0) is 0 Å². The van der Waals surface area contributed by atoms with Crippen LogP contribution in [0.5, 0.6) is 0 Å². The van der Waals surface area contributed by atoms with Crippen LogP contribution >= 0.6 is 0 Å². The van der Waals surface area contributed by atoms with E-state index in [1.165, 1.54) is 10.8 Å². The van der Waals surface area contributed by atoms with Crippen molar-refractivity contribution in [2.24, 2.45) is 0 Å². The summed E-state index contributed by atoms with van der Waals surface area (Å²) in [7, 11) is 0. The molecule has 5 aromatic heterocycles. The van der Waals surface area contributed by atoms with Crippen molar-refractivity contribution < 1.29 is 4.42 Å². The molecule has 0 saturated heterocycles. The van der Waals surface area contributed by atoms with Crippen molar-refractivity contribution >= 4 is 82.2 Å². The summed E-state index contributed by atoms with van der Waals surface area (Å²) in [6.45, 7) is 0. The number of para-hydroxylation sites is 4. The molecule has 0 aliphatic carbocycles. The van der Waals surface area contributed by atoms with Crippen molar-refractivity contribution in [2.75, 3.05) is 0 Å². The number of imidazole rings is 1. The molecule has 0 radical (unpaired) electrons.